The maximum Gasteiger partial charge on any atom is 0.232 e. The van der Waals surface area contributed by atoms with Gasteiger partial charge in [-0.25, -0.2) is 0 Å². The zero-order chi connectivity index (χ0) is 11.8. The summed E-state index contributed by atoms with van der Waals surface area (Å²) in [6.07, 6.45) is -0.337. The van der Waals surface area contributed by atoms with E-state index in [1.165, 1.54) is 0 Å². The van der Waals surface area contributed by atoms with Crippen LogP contribution in [0, 0.1) is 0 Å². The minimum atomic E-state index is -0.512. The molecular formula is C13H17NO2. The number of carbonyl (C=O) groups excluding carboxylic acids is 1. The van der Waals surface area contributed by atoms with Gasteiger partial charge in [0.25, 0.3) is 0 Å². The highest BCUT2D eigenvalue weighted by Gasteiger charge is 2.38. The second kappa shape index (κ2) is 3.91. The molecule has 0 aliphatic carbocycles. The van der Waals surface area contributed by atoms with Crippen LogP contribution in [-0.4, -0.2) is 35.1 Å². The summed E-state index contributed by atoms with van der Waals surface area (Å²) in [6.45, 7) is 4.79. The van der Waals surface area contributed by atoms with Crippen LogP contribution >= 0.6 is 0 Å². The molecule has 3 nitrogen and oxygen atoms in total. The van der Waals surface area contributed by atoms with Crippen molar-refractivity contribution in [2.45, 2.75) is 25.4 Å². The number of nitrogens with zero attached hydrogens (tertiary/aromatic N) is 1. The van der Waals surface area contributed by atoms with Gasteiger partial charge in [-0.15, -0.1) is 0 Å². The van der Waals surface area contributed by atoms with Gasteiger partial charge in [-0.1, -0.05) is 30.3 Å². The molecule has 1 aliphatic rings. The standard InChI is InChI=1S/C13H17NO2/c1-13(2,10-6-4-3-5-7-10)12(16)14-8-11(15)9-14/h3-7,11,15H,8-9H2,1-2H3. The molecule has 1 N–H and O–H groups in total. The Hall–Kier alpha value is -1.35. The van der Waals surface area contributed by atoms with Gasteiger partial charge in [0.15, 0.2) is 0 Å². The number of benzene rings is 1. The predicted molar refractivity (Wildman–Crippen MR) is 62.1 cm³/mol. The Labute approximate surface area is 95.7 Å². The maximum atomic E-state index is 12.2. The summed E-state index contributed by atoms with van der Waals surface area (Å²) in [4.78, 5) is 13.9. The molecule has 1 saturated heterocycles. The SMILES string of the molecule is CC(C)(C(=O)N1CC(O)C1)c1ccccc1. The molecule has 0 spiro atoms. The van der Waals surface area contributed by atoms with Crippen molar-refractivity contribution in [3.63, 3.8) is 0 Å². The van der Waals surface area contributed by atoms with Crippen LogP contribution in [0.1, 0.15) is 19.4 Å². The zero-order valence-corrected chi connectivity index (χ0v) is 9.68. The summed E-state index contributed by atoms with van der Waals surface area (Å²) in [6, 6.07) is 9.75. The third kappa shape index (κ3) is 1.83. The molecule has 1 amide bonds. The normalized spacial score (nSPS) is 17.1. The topological polar surface area (TPSA) is 40.5 Å². The largest absolute Gasteiger partial charge is 0.389 e. The number of rotatable bonds is 2. The summed E-state index contributed by atoms with van der Waals surface area (Å²) < 4.78 is 0. The smallest absolute Gasteiger partial charge is 0.232 e. The minimum absolute atomic E-state index is 0.0870. The number of aliphatic hydroxyl groups is 1. The lowest BCUT2D eigenvalue weighted by molar-refractivity contribution is -0.146. The minimum Gasteiger partial charge on any atom is -0.389 e. The van der Waals surface area contributed by atoms with Crippen LogP contribution < -0.4 is 0 Å². The van der Waals surface area contributed by atoms with Gasteiger partial charge >= 0.3 is 0 Å². The molecule has 2 rings (SSSR count). The monoisotopic (exact) mass is 219 g/mol. The third-order valence-corrected chi connectivity index (χ3v) is 3.18. The van der Waals surface area contributed by atoms with Crippen molar-refractivity contribution in [1.29, 1.82) is 0 Å². The van der Waals surface area contributed by atoms with Gasteiger partial charge in [0.2, 0.25) is 5.91 Å². The Morgan fingerprint density at radius 3 is 2.38 bits per heavy atom. The fourth-order valence-corrected chi connectivity index (χ4v) is 1.99. The van der Waals surface area contributed by atoms with E-state index in [0.717, 1.165) is 5.56 Å². The Kier molecular flexibility index (Phi) is 2.72. The number of hydrogen-bond acceptors (Lipinski definition) is 2. The van der Waals surface area contributed by atoms with Crippen LogP contribution in [0.3, 0.4) is 0 Å². The van der Waals surface area contributed by atoms with Crippen LogP contribution in [0.15, 0.2) is 30.3 Å². The van der Waals surface area contributed by atoms with Crippen LogP contribution in [0.25, 0.3) is 0 Å². The number of amides is 1. The molecule has 0 atom stereocenters. The van der Waals surface area contributed by atoms with Crippen molar-refractivity contribution in [1.82, 2.24) is 4.90 Å². The molecule has 0 bridgehead atoms. The summed E-state index contributed by atoms with van der Waals surface area (Å²) in [5, 5.41) is 9.21. The fourth-order valence-electron chi connectivity index (χ4n) is 1.99. The van der Waals surface area contributed by atoms with E-state index in [2.05, 4.69) is 0 Å². The molecule has 0 radical (unpaired) electrons. The van der Waals surface area contributed by atoms with Gasteiger partial charge < -0.3 is 10.0 Å². The Bertz CT molecular complexity index is 380. The maximum absolute atomic E-state index is 12.2. The lowest BCUT2D eigenvalue weighted by Gasteiger charge is -2.40. The first-order chi connectivity index (χ1) is 7.51. The molecule has 1 fully saturated rings. The molecule has 1 aromatic rings. The first kappa shape index (κ1) is 11.1. The van der Waals surface area contributed by atoms with E-state index < -0.39 is 5.41 Å². The van der Waals surface area contributed by atoms with E-state index in [0.29, 0.717) is 13.1 Å². The van der Waals surface area contributed by atoms with Gasteiger partial charge in [0.05, 0.1) is 11.5 Å². The molecule has 3 heteroatoms. The average molecular weight is 219 g/mol. The van der Waals surface area contributed by atoms with Crippen LogP contribution in [-0.2, 0) is 10.2 Å². The Morgan fingerprint density at radius 1 is 1.31 bits per heavy atom. The van der Waals surface area contributed by atoms with Gasteiger partial charge in [-0.2, -0.15) is 0 Å². The quantitative estimate of drug-likeness (QED) is 0.811. The van der Waals surface area contributed by atoms with Crippen LogP contribution in [0.2, 0.25) is 0 Å². The molecule has 16 heavy (non-hydrogen) atoms. The first-order valence-electron chi connectivity index (χ1n) is 5.55. The number of β-amino-alcohol motifs (C(OH)–C–C–N with tert-alkyl or cyclic N) is 1. The van der Waals surface area contributed by atoms with Crippen LogP contribution in [0.4, 0.5) is 0 Å². The third-order valence-electron chi connectivity index (χ3n) is 3.18. The molecule has 0 aromatic heterocycles. The summed E-state index contributed by atoms with van der Waals surface area (Å²) in [5.74, 6) is 0.0870. The molecular weight excluding hydrogens is 202 g/mol. The second-order valence-electron chi connectivity index (χ2n) is 4.85. The predicted octanol–water partition coefficient (Wildman–Crippen LogP) is 1.17. The van der Waals surface area contributed by atoms with Crippen molar-refractivity contribution in [3.8, 4) is 0 Å². The number of aliphatic hydroxyl groups excluding tert-OH is 1. The van der Waals surface area contributed by atoms with Gasteiger partial charge in [-0.05, 0) is 19.4 Å². The van der Waals surface area contributed by atoms with Gasteiger partial charge in [0, 0.05) is 13.1 Å². The molecule has 1 heterocycles. The summed E-state index contributed by atoms with van der Waals surface area (Å²) in [5.41, 5.74) is 0.503. The highest BCUT2D eigenvalue weighted by atomic mass is 16.3. The van der Waals surface area contributed by atoms with E-state index in [9.17, 15) is 9.90 Å². The van der Waals surface area contributed by atoms with Crippen molar-refractivity contribution < 1.29 is 9.90 Å². The summed E-state index contributed by atoms with van der Waals surface area (Å²) >= 11 is 0. The second-order valence-corrected chi connectivity index (χ2v) is 4.85. The van der Waals surface area contributed by atoms with E-state index in [1.807, 2.05) is 44.2 Å². The van der Waals surface area contributed by atoms with Crippen molar-refractivity contribution >= 4 is 5.91 Å². The molecule has 1 aromatic carbocycles. The zero-order valence-electron chi connectivity index (χ0n) is 9.68. The lowest BCUT2D eigenvalue weighted by Crippen LogP contribution is -2.57. The number of likely N-dealkylation sites (tertiary alicyclic amines) is 1. The molecule has 86 valence electrons. The van der Waals surface area contributed by atoms with E-state index in [1.54, 1.807) is 4.90 Å². The molecule has 0 saturated carbocycles. The van der Waals surface area contributed by atoms with E-state index in [4.69, 9.17) is 0 Å². The highest BCUT2D eigenvalue weighted by molar-refractivity contribution is 5.88. The molecule has 1 aliphatic heterocycles. The van der Waals surface area contributed by atoms with Gasteiger partial charge in [0.1, 0.15) is 0 Å². The highest BCUT2D eigenvalue weighted by Crippen LogP contribution is 2.27. The number of carbonyl (C=O) groups is 1. The average Bonchev–Trinajstić information content (AvgIpc) is 2.25. The van der Waals surface area contributed by atoms with Crippen molar-refractivity contribution in [2.24, 2.45) is 0 Å². The van der Waals surface area contributed by atoms with Gasteiger partial charge in [-0.3, -0.25) is 4.79 Å². The lowest BCUT2D eigenvalue weighted by atomic mass is 9.82. The number of hydrogen-bond donors (Lipinski definition) is 1. The Morgan fingerprint density at radius 2 is 1.88 bits per heavy atom. The molecule has 0 unspecified atom stereocenters. The van der Waals surface area contributed by atoms with Crippen molar-refractivity contribution in [3.05, 3.63) is 35.9 Å². The van der Waals surface area contributed by atoms with E-state index >= 15 is 0 Å². The van der Waals surface area contributed by atoms with Crippen molar-refractivity contribution in [2.75, 3.05) is 13.1 Å². The Balaban J connectivity index is 2.16. The fraction of sp³-hybridized carbons (Fsp3) is 0.462. The first-order valence-corrected chi connectivity index (χ1v) is 5.55. The van der Waals surface area contributed by atoms with E-state index in [-0.39, 0.29) is 12.0 Å². The van der Waals surface area contributed by atoms with Crippen LogP contribution in [0.5, 0.6) is 0 Å². The summed E-state index contributed by atoms with van der Waals surface area (Å²) in [7, 11) is 0.